The molecule has 2 saturated heterocycles. The number of pyridine rings is 1. The number of nitrogens with zero attached hydrogens (tertiary/aromatic N) is 2. The van der Waals surface area contributed by atoms with Gasteiger partial charge >= 0.3 is 0 Å². The van der Waals surface area contributed by atoms with Gasteiger partial charge in [-0.25, -0.2) is 4.98 Å². The standard InChI is InChI=1S/C14H20N4O/c1-15-13-10(4-2-7-16-13)14(19)17-11-6-9-18-8-3-5-12(11)18/h2,4,7,11-12H,3,5-6,8-9H2,1H3,(H,15,16)(H,17,19). The first kappa shape index (κ1) is 12.4. The zero-order chi connectivity index (χ0) is 13.2. The van der Waals surface area contributed by atoms with Gasteiger partial charge in [0.2, 0.25) is 0 Å². The maximum Gasteiger partial charge on any atom is 0.255 e. The zero-order valence-corrected chi connectivity index (χ0v) is 11.2. The molecule has 0 saturated carbocycles. The molecule has 1 aromatic rings. The van der Waals surface area contributed by atoms with Gasteiger partial charge in [-0.3, -0.25) is 9.69 Å². The lowest BCUT2D eigenvalue weighted by Crippen LogP contribution is -2.42. The highest BCUT2D eigenvalue weighted by atomic mass is 16.1. The molecule has 0 radical (unpaired) electrons. The third-order valence-electron chi connectivity index (χ3n) is 4.21. The second-order valence-electron chi connectivity index (χ2n) is 5.26. The van der Waals surface area contributed by atoms with Gasteiger partial charge in [0.15, 0.2) is 0 Å². The fourth-order valence-electron chi connectivity index (χ4n) is 3.28. The summed E-state index contributed by atoms with van der Waals surface area (Å²) in [7, 11) is 1.79. The van der Waals surface area contributed by atoms with E-state index in [0.29, 0.717) is 23.5 Å². The van der Waals surface area contributed by atoms with Crippen LogP contribution < -0.4 is 10.6 Å². The maximum atomic E-state index is 12.4. The van der Waals surface area contributed by atoms with Crippen LogP contribution in [0.25, 0.3) is 0 Å². The number of anilines is 1. The molecule has 1 amide bonds. The third-order valence-corrected chi connectivity index (χ3v) is 4.21. The van der Waals surface area contributed by atoms with Gasteiger partial charge < -0.3 is 10.6 Å². The third kappa shape index (κ3) is 2.30. The van der Waals surface area contributed by atoms with E-state index >= 15 is 0 Å². The van der Waals surface area contributed by atoms with Crippen molar-refractivity contribution in [2.45, 2.75) is 31.3 Å². The summed E-state index contributed by atoms with van der Waals surface area (Å²) in [5.41, 5.74) is 0.626. The van der Waals surface area contributed by atoms with Crippen LogP contribution in [0.4, 0.5) is 5.82 Å². The minimum absolute atomic E-state index is 0.0174. The Morgan fingerprint density at radius 1 is 1.42 bits per heavy atom. The van der Waals surface area contributed by atoms with Crippen molar-refractivity contribution in [3.8, 4) is 0 Å². The molecule has 102 valence electrons. The molecular weight excluding hydrogens is 240 g/mol. The first-order valence-electron chi connectivity index (χ1n) is 6.97. The molecule has 5 heteroatoms. The molecule has 0 bridgehead atoms. The van der Waals surface area contributed by atoms with Crippen molar-refractivity contribution in [3.63, 3.8) is 0 Å². The number of nitrogens with one attached hydrogen (secondary N) is 2. The van der Waals surface area contributed by atoms with Crippen LogP contribution in [0, 0.1) is 0 Å². The molecule has 2 unspecified atom stereocenters. The number of rotatable bonds is 3. The van der Waals surface area contributed by atoms with Gasteiger partial charge in [-0.2, -0.15) is 0 Å². The van der Waals surface area contributed by atoms with Crippen molar-refractivity contribution < 1.29 is 4.79 Å². The maximum absolute atomic E-state index is 12.4. The van der Waals surface area contributed by atoms with Gasteiger partial charge in [0.05, 0.1) is 5.56 Å². The monoisotopic (exact) mass is 260 g/mol. The molecule has 3 heterocycles. The van der Waals surface area contributed by atoms with E-state index < -0.39 is 0 Å². The van der Waals surface area contributed by atoms with E-state index in [1.165, 1.54) is 19.4 Å². The number of hydrogen-bond donors (Lipinski definition) is 2. The van der Waals surface area contributed by atoms with Crippen LogP contribution in [-0.2, 0) is 0 Å². The van der Waals surface area contributed by atoms with E-state index in [2.05, 4.69) is 20.5 Å². The fraction of sp³-hybridized carbons (Fsp3) is 0.571. The van der Waals surface area contributed by atoms with E-state index in [1.54, 1.807) is 19.3 Å². The molecule has 0 aliphatic carbocycles. The Labute approximate surface area is 113 Å². The molecule has 2 aliphatic rings. The number of aromatic nitrogens is 1. The highest BCUT2D eigenvalue weighted by molar-refractivity contribution is 5.98. The molecular formula is C14H20N4O. The molecule has 0 aromatic carbocycles. The van der Waals surface area contributed by atoms with Gasteiger partial charge in [-0.1, -0.05) is 0 Å². The summed E-state index contributed by atoms with van der Waals surface area (Å²) in [6, 6.07) is 4.44. The van der Waals surface area contributed by atoms with Crippen LogP contribution in [0.3, 0.4) is 0 Å². The van der Waals surface area contributed by atoms with Crippen LogP contribution in [0.15, 0.2) is 18.3 Å². The minimum Gasteiger partial charge on any atom is -0.372 e. The van der Waals surface area contributed by atoms with Crippen LogP contribution in [0.1, 0.15) is 29.6 Å². The number of carbonyl (C=O) groups excluding carboxylic acids is 1. The summed E-state index contributed by atoms with van der Waals surface area (Å²) >= 11 is 0. The predicted octanol–water partition coefficient (Wildman–Crippen LogP) is 1.09. The first-order valence-corrected chi connectivity index (χ1v) is 6.97. The predicted molar refractivity (Wildman–Crippen MR) is 74.2 cm³/mol. The number of carbonyl (C=O) groups is 1. The Bertz CT molecular complexity index is 476. The lowest BCUT2D eigenvalue weighted by molar-refractivity contribution is 0.0930. The molecule has 19 heavy (non-hydrogen) atoms. The van der Waals surface area contributed by atoms with Crippen molar-refractivity contribution in [1.82, 2.24) is 15.2 Å². The number of amides is 1. The van der Waals surface area contributed by atoms with Crippen LogP contribution in [0.5, 0.6) is 0 Å². The molecule has 1 aromatic heterocycles. The summed E-state index contributed by atoms with van der Waals surface area (Å²) in [5.74, 6) is 0.623. The van der Waals surface area contributed by atoms with Crippen molar-refractivity contribution in [2.24, 2.45) is 0 Å². The Hall–Kier alpha value is -1.62. The molecule has 2 fully saturated rings. The zero-order valence-electron chi connectivity index (χ0n) is 11.2. The molecule has 5 nitrogen and oxygen atoms in total. The van der Waals surface area contributed by atoms with Gasteiger partial charge in [0.25, 0.3) is 5.91 Å². The normalized spacial score (nSPS) is 26.2. The number of fused-ring (bicyclic) bond motifs is 1. The summed E-state index contributed by atoms with van der Waals surface area (Å²) in [6.07, 6.45) is 5.21. The van der Waals surface area contributed by atoms with Crippen molar-refractivity contribution in [1.29, 1.82) is 0 Å². The Morgan fingerprint density at radius 3 is 3.16 bits per heavy atom. The topological polar surface area (TPSA) is 57.3 Å². The van der Waals surface area contributed by atoms with Crippen molar-refractivity contribution in [2.75, 3.05) is 25.5 Å². The average molecular weight is 260 g/mol. The van der Waals surface area contributed by atoms with E-state index in [-0.39, 0.29) is 5.91 Å². The molecule has 0 spiro atoms. The van der Waals surface area contributed by atoms with E-state index in [9.17, 15) is 4.79 Å². The molecule has 2 aliphatic heterocycles. The number of hydrogen-bond acceptors (Lipinski definition) is 4. The van der Waals surface area contributed by atoms with Gasteiger partial charge in [-0.05, 0) is 37.9 Å². The Kier molecular flexibility index (Phi) is 3.38. The Balaban J connectivity index is 1.71. The van der Waals surface area contributed by atoms with E-state index in [1.807, 2.05) is 6.07 Å². The van der Waals surface area contributed by atoms with Crippen LogP contribution in [0.2, 0.25) is 0 Å². The summed E-state index contributed by atoms with van der Waals surface area (Å²) in [4.78, 5) is 19.0. The average Bonchev–Trinajstić information content (AvgIpc) is 3.03. The molecule has 3 rings (SSSR count). The second-order valence-corrected chi connectivity index (χ2v) is 5.26. The largest absolute Gasteiger partial charge is 0.372 e. The highest BCUT2D eigenvalue weighted by Gasteiger charge is 2.38. The highest BCUT2D eigenvalue weighted by Crippen LogP contribution is 2.28. The SMILES string of the molecule is CNc1ncccc1C(=O)NC1CCN2CCCC12. The first-order chi connectivity index (χ1) is 9.29. The Morgan fingerprint density at radius 2 is 2.32 bits per heavy atom. The van der Waals surface area contributed by atoms with Crippen molar-refractivity contribution >= 4 is 11.7 Å². The lowest BCUT2D eigenvalue weighted by atomic mass is 10.1. The van der Waals surface area contributed by atoms with Crippen LogP contribution >= 0.6 is 0 Å². The van der Waals surface area contributed by atoms with Gasteiger partial charge in [-0.15, -0.1) is 0 Å². The minimum atomic E-state index is -0.0174. The summed E-state index contributed by atoms with van der Waals surface area (Å²) < 4.78 is 0. The second kappa shape index (κ2) is 5.17. The summed E-state index contributed by atoms with van der Waals surface area (Å²) in [5, 5.41) is 6.15. The molecule has 2 N–H and O–H groups in total. The van der Waals surface area contributed by atoms with E-state index in [4.69, 9.17) is 0 Å². The van der Waals surface area contributed by atoms with Crippen molar-refractivity contribution in [3.05, 3.63) is 23.9 Å². The fourth-order valence-corrected chi connectivity index (χ4v) is 3.28. The van der Waals surface area contributed by atoms with E-state index in [0.717, 1.165) is 13.0 Å². The smallest absolute Gasteiger partial charge is 0.255 e. The van der Waals surface area contributed by atoms with Crippen LogP contribution in [-0.4, -0.2) is 48.0 Å². The summed E-state index contributed by atoms with van der Waals surface area (Å²) in [6.45, 7) is 2.30. The van der Waals surface area contributed by atoms with Gasteiger partial charge in [0, 0.05) is 31.9 Å². The lowest BCUT2D eigenvalue weighted by Gasteiger charge is -2.21. The molecule has 2 atom stereocenters. The quantitative estimate of drug-likeness (QED) is 0.854. The van der Waals surface area contributed by atoms with Gasteiger partial charge in [0.1, 0.15) is 5.82 Å².